The first-order chi connectivity index (χ1) is 11.7. The van der Waals surface area contributed by atoms with Gasteiger partial charge in [-0.2, -0.15) is 10.4 Å². The maximum absolute atomic E-state index is 9.07. The molecule has 0 N–H and O–H groups in total. The molecule has 4 aromatic rings. The van der Waals surface area contributed by atoms with Crippen molar-refractivity contribution in [3.63, 3.8) is 0 Å². The fourth-order valence-electron chi connectivity index (χ4n) is 2.80. The van der Waals surface area contributed by atoms with Gasteiger partial charge in [0.25, 0.3) is 0 Å². The lowest BCUT2D eigenvalue weighted by Gasteiger charge is -2.10. The third-order valence-corrected chi connectivity index (χ3v) is 3.97. The molecule has 0 atom stereocenters. The Hall–Kier alpha value is -3.46. The second kappa shape index (κ2) is 5.32. The minimum absolute atomic E-state index is 0.457. The van der Waals surface area contributed by atoms with Crippen molar-refractivity contribution >= 4 is 16.6 Å². The second-order valence-electron chi connectivity index (χ2n) is 5.45. The summed E-state index contributed by atoms with van der Waals surface area (Å²) in [7, 11) is 1.64. The molecule has 0 unspecified atom stereocenters. The zero-order chi connectivity index (χ0) is 16.7. The summed E-state index contributed by atoms with van der Waals surface area (Å²) in [6.07, 6.45) is 5.13. The van der Waals surface area contributed by atoms with Crippen molar-refractivity contribution in [1.29, 1.82) is 5.26 Å². The maximum atomic E-state index is 9.07. The number of hydrogen-bond donors (Lipinski definition) is 0. The zero-order valence-electron chi connectivity index (χ0n) is 13.2. The molecule has 3 heterocycles. The Morgan fingerprint density at radius 3 is 2.83 bits per heavy atom. The Kier molecular flexibility index (Phi) is 3.14. The molecule has 3 aromatic heterocycles. The zero-order valence-corrected chi connectivity index (χ0v) is 13.2. The Balaban J connectivity index is 1.98. The molecule has 0 radical (unpaired) electrons. The molecule has 0 saturated carbocycles. The molecule has 0 amide bonds. The molecule has 0 saturated heterocycles. The molecule has 4 rings (SSSR count). The number of hydrogen-bond acceptors (Lipinski definition) is 5. The largest absolute Gasteiger partial charge is 0.494 e. The fraction of sp³-hybridized carbons (Fsp3) is 0.111. The molecule has 0 bridgehead atoms. The quantitative estimate of drug-likeness (QED) is 0.568. The average Bonchev–Trinajstić information content (AvgIpc) is 3.02. The van der Waals surface area contributed by atoms with Crippen molar-refractivity contribution in [1.82, 2.24) is 19.6 Å². The predicted octanol–water partition coefficient (Wildman–Crippen LogP) is 3.13. The molecule has 0 aliphatic rings. The van der Waals surface area contributed by atoms with Crippen molar-refractivity contribution in [2.75, 3.05) is 7.11 Å². The normalized spacial score (nSPS) is 10.9. The number of aromatic nitrogens is 4. The van der Waals surface area contributed by atoms with Crippen LogP contribution < -0.4 is 4.74 Å². The molecule has 24 heavy (non-hydrogen) atoms. The lowest BCUT2D eigenvalue weighted by molar-refractivity contribution is 0.419. The van der Waals surface area contributed by atoms with Crippen molar-refractivity contribution in [3.8, 4) is 22.9 Å². The smallest absolute Gasteiger partial charge is 0.172 e. The summed E-state index contributed by atoms with van der Waals surface area (Å²) in [6.45, 7) is 1.95. The van der Waals surface area contributed by atoms with E-state index in [0.29, 0.717) is 11.2 Å². The minimum atomic E-state index is 0.457. The molecule has 0 aliphatic carbocycles. The lowest BCUT2D eigenvalue weighted by Crippen LogP contribution is -1.95. The van der Waals surface area contributed by atoms with E-state index in [4.69, 9.17) is 10.00 Å². The Morgan fingerprint density at radius 2 is 2.04 bits per heavy atom. The molecule has 116 valence electrons. The van der Waals surface area contributed by atoms with Crippen molar-refractivity contribution in [2.45, 2.75) is 6.92 Å². The predicted molar refractivity (Wildman–Crippen MR) is 89.7 cm³/mol. The van der Waals surface area contributed by atoms with Crippen LogP contribution in [0.3, 0.4) is 0 Å². The summed E-state index contributed by atoms with van der Waals surface area (Å²) < 4.78 is 7.05. The van der Waals surface area contributed by atoms with Crippen molar-refractivity contribution < 1.29 is 4.74 Å². The lowest BCUT2D eigenvalue weighted by atomic mass is 10.0. The van der Waals surface area contributed by atoms with Crippen LogP contribution in [0.25, 0.3) is 27.7 Å². The van der Waals surface area contributed by atoms with E-state index in [-0.39, 0.29) is 0 Å². The summed E-state index contributed by atoms with van der Waals surface area (Å²) in [5.74, 6) is 0.734. The van der Waals surface area contributed by atoms with Gasteiger partial charge in [-0.3, -0.25) is 0 Å². The van der Waals surface area contributed by atoms with E-state index in [1.54, 1.807) is 17.8 Å². The molecule has 0 spiro atoms. The number of ether oxygens (including phenoxy) is 1. The number of benzene rings is 1. The van der Waals surface area contributed by atoms with E-state index in [9.17, 15) is 0 Å². The van der Waals surface area contributed by atoms with Crippen LogP contribution in [-0.4, -0.2) is 26.7 Å². The molecular weight excluding hydrogens is 302 g/mol. The van der Waals surface area contributed by atoms with E-state index in [1.807, 2.05) is 37.4 Å². The van der Waals surface area contributed by atoms with Crippen LogP contribution in [-0.2, 0) is 0 Å². The third kappa shape index (κ3) is 2.07. The standard InChI is InChI=1S/C18H13N5O/c1-11-3-4-15-14(5-6-16(24-2)17(15)22-11)13-8-20-18-12(7-19)9-21-23(18)10-13/h3-6,8-10H,1-2H3. The molecule has 0 fully saturated rings. The number of aryl methyl sites for hydroxylation is 1. The molecular formula is C18H13N5O. The van der Waals surface area contributed by atoms with Gasteiger partial charge in [-0.15, -0.1) is 0 Å². The molecule has 0 aliphatic heterocycles. The van der Waals surface area contributed by atoms with Crippen LogP contribution in [0, 0.1) is 18.3 Å². The van der Waals surface area contributed by atoms with Crippen LogP contribution in [0.15, 0.2) is 42.9 Å². The van der Waals surface area contributed by atoms with E-state index in [2.05, 4.69) is 21.1 Å². The van der Waals surface area contributed by atoms with Crippen LogP contribution in [0.1, 0.15) is 11.3 Å². The summed E-state index contributed by atoms with van der Waals surface area (Å²) in [5.41, 5.74) is 4.63. The van der Waals surface area contributed by atoms with Gasteiger partial charge < -0.3 is 4.74 Å². The highest BCUT2D eigenvalue weighted by atomic mass is 16.5. The first-order valence-electron chi connectivity index (χ1n) is 7.39. The van der Waals surface area contributed by atoms with Gasteiger partial charge in [0.15, 0.2) is 5.65 Å². The fourth-order valence-corrected chi connectivity index (χ4v) is 2.80. The van der Waals surface area contributed by atoms with E-state index in [1.165, 1.54) is 6.20 Å². The van der Waals surface area contributed by atoms with Gasteiger partial charge in [0.1, 0.15) is 22.9 Å². The SMILES string of the molecule is COc1ccc(-c2cnc3c(C#N)cnn3c2)c2ccc(C)nc12. The van der Waals surface area contributed by atoms with Gasteiger partial charge in [-0.1, -0.05) is 6.07 Å². The number of fused-ring (bicyclic) bond motifs is 2. The summed E-state index contributed by atoms with van der Waals surface area (Å²) in [6, 6.07) is 9.97. The number of nitrogens with zero attached hydrogens (tertiary/aromatic N) is 5. The summed E-state index contributed by atoms with van der Waals surface area (Å²) >= 11 is 0. The topological polar surface area (TPSA) is 76.1 Å². The average molecular weight is 315 g/mol. The van der Waals surface area contributed by atoms with Crippen LogP contribution >= 0.6 is 0 Å². The number of methoxy groups -OCH3 is 1. The van der Waals surface area contributed by atoms with Crippen molar-refractivity contribution in [3.05, 3.63) is 54.1 Å². The number of pyridine rings is 1. The minimum Gasteiger partial charge on any atom is -0.494 e. The second-order valence-corrected chi connectivity index (χ2v) is 5.45. The molecule has 1 aromatic carbocycles. The molecule has 6 nitrogen and oxygen atoms in total. The third-order valence-electron chi connectivity index (χ3n) is 3.97. The van der Waals surface area contributed by atoms with Gasteiger partial charge in [0, 0.05) is 29.0 Å². The van der Waals surface area contributed by atoms with Gasteiger partial charge in [0.05, 0.1) is 13.3 Å². The highest BCUT2D eigenvalue weighted by Gasteiger charge is 2.12. The first-order valence-corrected chi connectivity index (χ1v) is 7.39. The number of rotatable bonds is 2. The summed E-state index contributed by atoms with van der Waals surface area (Å²) in [4.78, 5) is 8.98. The maximum Gasteiger partial charge on any atom is 0.172 e. The first kappa shape index (κ1) is 14.2. The van der Waals surface area contributed by atoms with Gasteiger partial charge in [-0.05, 0) is 30.7 Å². The van der Waals surface area contributed by atoms with Gasteiger partial charge in [0.2, 0.25) is 0 Å². The van der Waals surface area contributed by atoms with Gasteiger partial charge >= 0.3 is 0 Å². The highest BCUT2D eigenvalue weighted by molar-refractivity contribution is 5.97. The van der Waals surface area contributed by atoms with Crippen LogP contribution in [0.5, 0.6) is 5.75 Å². The monoisotopic (exact) mass is 315 g/mol. The van der Waals surface area contributed by atoms with E-state index < -0.39 is 0 Å². The van der Waals surface area contributed by atoms with Crippen LogP contribution in [0.2, 0.25) is 0 Å². The van der Waals surface area contributed by atoms with E-state index in [0.717, 1.165) is 33.5 Å². The Labute approximate surface area is 138 Å². The molecule has 6 heteroatoms. The van der Waals surface area contributed by atoms with E-state index >= 15 is 0 Å². The summed E-state index contributed by atoms with van der Waals surface area (Å²) in [5, 5.41) is 14.2. The Bertz CT molecular complexity index is 1120. The van der Waals surface area contributed by atoms with Crippen molar-refractivity contribution in [2.24, 2.45) is 0 Å². The van der Waals surface area contributed by atoms with Crippen LogP contribution in [0.4, 0.5) is 0 Å². The Morgan fingerprint density at radius 1 is 1.17 bits per heavy atom. The number of nitriles is 1. The van der Waals surface area contributed by atoms with Gasteiger partial charge in [-0.25, -0.2) is 14.5 Å². The highest BCUT2D eigenvalue weighted by Crippen LogP contribution is 2.33.